The topological polar surface area (TPSA) is 88.0 Å². The molecule has 1 aliphatic heterocycles. The fourth-order valence-electron chi connectivity index (χ4n) is 4.11. The highest BCUT2D eigenvalue weighted by atomic mass is 16.6. The summed E-state index contributed by atoms with van der Waals surface area (Å²) in [6.07, 6.45) is 0.0816. The summed E-state index contributed by atoms with van der Waals surface area (Å²) in [6.45, 7) is 6.87. The van der Waals surface area contributed by atoms with E-state index in [1.807, 2.05) is 67.3 Å². The number of hydrogen-bond donors (Lipinski definition) is 1. The summed E-state index contributed by atoms with van der Waals surface area (Å²) in [7, 11) is 0. The molecule has 1 heterocycles. The molecule has 0 saturated carbocycles. The van der Waals surface area contributed by atoms with E-state index < -0.39 is 0 Å². The third-order valence-electron chi connectivity index (χ3n) is 5.91. The number of carbonyl (C=O) groups is 1. The Morgan fingerprint density at radius 3 is 2.31 bits per heavy atom. The molecule has 3 aromatic carbocycles. The van der Waals surface area contributed by atoms with Crippen molar-refractivity contribution in [1.82, 2.24) is 4.90 Å². The number of piperazine rings is 1. The smallest absolute Gasteiger partial charge is 0.292 e. The van der Waals surface area contributed by atoms with Gasteiger partial charge >= 0.3 is 0 Å². The minimum Gasteiger partial charge on any atom is -0.491 e. The van der Waals surface area contributed by atoms with E-state index in [2.05, 4.69) is 10.2 Å². The second-order valence-electron chi connectivity index (χ2n) is 8.77. The number of benzene rings is 3. The minimum atomic E-state index is -0.370. The molecule has 0 aromatic heterocycles. The number of nitrogens with one attached hydrogen (secondary N) is 1. The molecule has 182 valence electrons. The van der Waals surface area contributed by atoms with Crippen molar-refractivity contribution in [2.45, 2.75) is 26.5 Å². The fourth-order valence-corrected chi connectivity index (χ4v) is 4.11. The zero-order valence-electron chi connectivity index (χ0n) is 20.0. The van der Waals surface area contributed by atoms with Crippen LogP contribution in [0.4, 0.5) is 17.1 Å². The van der Waals surface area contributed by atoms with E-state index in [9.17, 15) is 14.9 Å². The lowest BCUT2D eigenvalue weighted by Gasteiger charge is -2.36. The number of nitrogens with zero attached hydrogens (tertiary/aromatic N) is 3. The molecular weight excluding hydrogens is 444 g/mol. The van der Waals surface area contributed by atoms with Gasteiger partial charge in [-0.2, -0.15) is 0 Å². The Morgan fingerprint density at radius 2 is 1.69 bits per heavy atom. The first-order chi connectivity index (χ1) is 16.9. The van der Waals surface area contributed by atoms with Gasteiger partial charge in [-0.1, -0.05) is 30.3 Å². The molecule has 1 saturated heterocycles. The molecule has 1 aliphatic rings. The van der Waals surface area contributed by atoms with E-state index in [1.165, 1.54) is 0 Å². The van der Waals surface area contributed by atoms with Crippen LogP contribution in [0.1, 0.15) is 29.8 Å². The molecular formula is C27H30N4O4. The molecule has 35 heavy (non-hydrogen) atoms. The molecule has 0 bridgehead atoms. The molecule has 0 radical (unpaired) electrons. The van der Waals surface area contributed by atoms with Crippen molar-refractivity contribution < 1.29 is 14.5 Å². The predicted molar refractivity (Wildman–Crippen MR) is 137 cm³/mol. The first-order valence-corrected chi connectivity index (χ1v) is 11.8. The maximum Gasteiger partial charge on any atom is 0.292 e. The Labute approximate surface area is 205 Å². The van der Waals surface area contributed by atoms with Crippen LogP contribution >= 0.6 is 0 Å². The molecule has 0 spiro atoms. The standard InChI is InChI=1S/C27H30N4O4/c1-20(2)35-24-11-8-22(9-12-24)27(32)30-16-14-29(15-17-30)23-10-13-26(31(33)34)25(18-23)28-19-21-6-4-3-5-7-21/h3-13,18,20,28H,14-17,19H2,1-2H3. The van der Waals surface area contributed by atoms with Gasteiger partial charge in [0.2, 0.25) is 0 Å². The van der Waals surface area contributed by atoms with Crippen LogP contribution in [-0.4, -0.2) is 48.0 Å². The van der Waals surface area contributed by atoms with Crippen molar-refractivity contribution in [1.29, 1.82) is 0 Å². The lowest BCUT2D eigenvalue weighted by molar-refractivity contribution is -0.384. The molecule has 0 aliphatic carbocycles. The van der Waals surface area contributed by atoms with Crippen LogP contribution in [0.2, 0.25) is 0 Å². The van der Waals surface area contributed by atoms with E-state index in [0.717, 1.165) is 17.0 Å². The Morgan fingerprint density at radius 1 is 1.00 bits per heavy atom. The average Bonchev–Trinajstić information content (AvgIpc) is 2.87. The largest absolute Gasteiger partial charge is 0.491 e. The number of ether oxygens (including phenoxy) is 1. The summed E-state index contributed by atoms with van der Waals surface area (Å²) in [5.74, 6) is 0.742. The van der Waals surface area contributed by atoms with Crippen molar-refractivity contribution in [2.24, 2.45) is 0 Å². The summed E-state index contributed by atoms with van der Waals surface area (Å²) >= 11 is 0. The van der Waals surface area contributed by atoms with Gasteiger partial charge in [0.15, 0.2) is 0 Å². The van der Waals surface area contributed by atoms with Gasteiger partial charge in [0.1, 0.15) is 11.4 Å². The van der Waals surface area contributed by atoms with Crippen molar-refractivity contribution >= 4 is 23.0 Å². The molecule has 8 heteroatoms. The number of carbonyl (C=O) groups excluding carboxylic acids is 1. The van der Waals surface area contributed by atoms with Gasteiger partial charge < -0.3 is 19.9 Å². The maximum absolute atomic E-state index is 13.0. The Hall–Kier alpha value is -4.07. The normalized spacial score (nSPS) is 13.6. The third-order valence-corrected chi connectivity index (χ3v) is 5.91. The van der Waals surface area contributed by atoms with Crippen LogP contribution < -0.4 is 15.0 Å². The van der Waals surface area contributed by atoms with Crippen LogP contribution in [0.5, 0.6) is 5.75 Å². The summed E-state index contributed by atoms with van der Waals surface area (Å²) < 4.78 is 5.65. The van der Waals surface area contributed by atoms with E-state index in [4.69, 9.17) is 4.74 Å². The van der Waals surface area contributed by atoms with E-state index >= 15 is 0 Å². The van der Waals surface area contributed by atoms with Crippen LogP contribution in [-0.2, 0) is 6.54 Å². The zero-order valence-corrected chi connectivity index (χ0v) is 20.0. The van der Waals surface area contributed by atoms with Crippen molar-refractivity contribution in [3.63, 3.8) is 0 Å². The first kappa shape index (κ1) is 24.1. The summed E-state index contributed by atoms with van der Waals surface area (Å²) in [6, 6.07) is 22.2. The number of hydrogen-bond acceptors (Lipinski definition) is 6. The second kappa shape index (κ2) is 10.9. The van der Waals surface area contributed by atoms with E-state index in [-0.39, 0.29) is 22.6 Å². The monoisotopic (exact) mass is 474 g/mol. The summed E-state index contributed by atoms with van der Waals surface area (Å²) in [5.41, 5.74) is 3.11. The number of rotatable bonds is 8. The van der Waals surface area contributed by atoms with E-state index in [1.54, 1.807) is 24.3 Å². The van der Waals surface area contributed by atoms with Crippen LogP contribution in [0, 0.1) is 10.1 Å². The Balaban J connectivity index is 1.40. The van der Waals surface area contributed by atoms with Crippen molar-refractivity contribution in [2.75, 3.05) is 36.4 Å². The Kier molecular flexibility index (Phi) is 7.50. The molecule has 1 fully saturated rings. The molecule has 4 rings (SSSR count). The van der Waals surface area contributed by atoms with Gasteiger partial charge in [-0.25, -0.2) is 0 Å². The predicted octanol–water partition coefficient (Wildman–Crippen LogP) is 4.96. The quantitative estimate of drug-likeness (QED) is 0.367. The first-order valence-electron chi connectivity index (χ1n) is 11.8. The molecule has 1 N–H and O–H groups in total. The Bertz CT molecular complexity index is 1160. The average molecular weight is 475 g/mol. The number of amides is 1. The lowest BCUT2D eigenvalue weighted by Crippen LogP contribution is -2.48. The summed E-state index contributed by atoms with van der Waals surface area (Å²) in [4.78, 5) is 28.1. The highest BCUT2D eigenvalue weighted by molar-refractivity contribution is 5.94. The van der Waals surface area contributed by atoms with Crippen LogP contribution in [0.25, 0.3) is 0 Å². The van der Waals surface area contributed by atoms with Crippen molar-refractivity contribution in [3.8, 4) is 5.75 Å². The van der Waals surface area contributed by atoms with Crippen molar-refractivity contribution in [3.05, 3.63) is 94.0 Å². The zero-order chi connectivity index (χ0) is 24.8. The van der Waals surface area contributed by atoms with Gasteiger partial charge in [0.05, 0.1) is 11.0 Å². The van der Waals surface area contributed by atoms with Crippen LogP contribution in [0.3, 0.4) is 0 Å². The molecule has 8 nitrogen and oxygen atoms in total. The number of anilines is 2. The second-order valence-corrected chi connectivity index (χ2v) is 8.77. The van der Waals surface area contributed by atoms with E-state index in [0.29, 0.717) is 44.0 Å². The van der Waals surface area contributed by atoms with Gasteiger partial charge in [-0.3, -0.25) is 14.9 Å². The lowest BCUT2D eigenvalue weighted by atomic mass is 10.1. The minimum absolute atomic E-state index is 0.00494. The SMILES string of the molecule is CC(C)Oc1ccc(C(=O)N2CCN(c3ccc([N+](=O)[O-])c(NCc4ccccc4)c3)CC2)cc1. The van der Waals surface area contributed by atoms with Gasteiger partial charge in [0, 0.05) is 50.0 Å². The number of nitro groups is 1. The van der Waals surface area contributed by atoms with Gasteiger partial charge in [0.25, 0.3) is 11.6 Å². The maximum atomic E-state index is 13.0. The fraction of sp³-hybridized carbons (Fsp3) is 0.296. The van der Waals surface area contributed by atoms with Crippen LogP contribution in [0.15, 0.2) is 72.8 Å². The highest BCUT2D eigenvalue weighted by Crippen LogP contribution is 2.30. The number of nitro benzene ring substituents is 1. The molecule has 1 amide bonds. The molecule has 0 unspecified atom stereocenters. The van der Waals surface area contributed by atoms with Gasteiger partial charge in [-0.05, 0) is 55.8 Å². The third kappa shape index (κ3) is 6.09. The summed E-state index contributed by atoms with van der Waals surface area (Å²) in [5, 5.41) is 14.8. The molecule has 0 atom stereocenters. The van der Waals surface area contributed by atoms with Gasteiger partial charge in [-0.15, -0.1) is 0 Å². The highest BCUT2D eigenvalue weighted by Gasteiger charge is 2.24. The molecule has 3 aromatic rings.